The van der Waals surface area contributed by atoms with Gasteiger partial charge in [-0.1, -0.05) is 0 Å². The van der Waals surface area contributed by atoms with Gasteiger partial charge in [0.25, 0.3) is 0 Å². The molecule has 0 saturated carbocycles. The minimum absolute atomic E-state index is 0.229. The zero-order valence-corrected chi connectivity index (χ0v) is 9.79. The van der Waals surface area contributed by atoms with Crippen LogP contribution in [0.5, 0.6) is 0 Å². The van der Waals surface area contributed by atoms with E-state index in [1.807, 2.05) is 0 Å². The van der Waals surface area contributed by atoms with Crippen molar-refractivity contribution in [1.29, 1.82) is 0 Å². The molecule has 1 N–H and O–H groups in total. The maximum atomic E-state index is 13.2. The van der Waals surface area contributed by atoms with Crippen LogP contribution in [0.4, 0.5) is 22.0 Å². The number of hydrogen-bond donors (Lipinski definition) is 1. The SMILES string of the molecule is Cc1cc(F)c(CNS(=O)(=O)C(F)(F)F)c(F)c1. The van der Waals surface area contributed by atoms with Gasteiger partial charge in [-0.3, -0.25) is 0 Å². The third-order valence-corrected chi connectivity index (χ3v) is 3.16. The Bertz CT molecular complexity index is 530. The number of benzene rings is 1. The molecule has 0 saturated heterocycles. The van der Waals surface area contributed by atoms with Crippen LogP contribution in [0, 0.1) is 18.6 Å². The average molecular weight is 289 g/mol. The lowest BCUT2D eigenvalue weighted by molar-refractivity contribution is -0.0448. The van der Waals surface area contributed by atoms with Gasteiger partial charge in [0.05, 0.1) is 0 Å². The number of nitrogens with one attached hydrogen (secondary N) is 1. The van der Waals surface area contributed by atoms with Gasteiger partial charge >= 0.3 is 15.5 Å². The summed E-state index contributed by atoms with van der Waals surface area (Å²) in [6.07, 6.45) is 0. The first-order valence-electron chi connectivity index (χ1n) is 4.55. The Morgan fingerprint density at radius 3 is 2.00 bits per heavy atom. The molecule has 0 aromatic heterocycles. The number of hydrogen-bond acceptors (Lipinski definition) is 2. The molecule has 0 radical (unpaired) electrons. The topological polar surface area (TPSA) is 46.2 Å². The molecule has 3 nitrogen and oxygen atoms in total. The van der Waals surface area contributed by atoms with Crippen LogP contribution in [0.1, 0.15) is 11.1 Å². The summed E-state index contributed by atoms with van der Waals surface area (Å²) in [6, 6.07) is 1.78. The summed E-state index contributed by atoms with van der Waals surface area (Å²) >= 11 is 0. The van der Waals surface area contributed by atoms with E-state index in [1.165, 1.54) is 6.92 Å². The van der Waals surface area contributed by atoms with E-state index in [1.54, 1.807) is 0 Å². The monoisotopic (exact) mass is 289 g/mol. The van der Waals surface area contributed by atoms with Crippen molar-refractivity contribution >= 4 is 10.0 Å². The maximum absolute atomic E-state index is 13.2. The van der Waals surface area contributed by atoms with Crippen LogP contribution in [-0.2, 0) is 16.6 Å². The van der Waals surface area contributed by atoms with Crippen molar-refractivity contribution in [1.82, 2.24) is 4.72 Å². The summed E-state index contributed by atoms with van der Waals surface area (Å²) < 4.78 is 84.7. The number of rotatable bonds is 3. The molecule has 9 heteroatoms. The maximum Gasteiger partial charge on any atom is 0.511 e. The lowest BCUT2D eigenvalue weighted by Crippen LogP contribution is -2.36. The molecule has 1 aromatic rings. The molecule has 0 aliphatic rings. The van der Waals surface area contributed by atoms with Crippen molar-refractivity contribution in [2.75, 3.05) is 0 Å². The molecule has 0 unspecified atom stereocenters. The number of aryl methyl sites for hydroxylation is 1. The Hall–Kier alpha value is -1.22. The van der Waals surface area contributed by atoms with Crippen molar-refractivity contribution in [2.24, 2.45) is 0 Å². The van der Waals surface area contributed by atoms with Crippen molar-refractivity contribution in [3.05, 3.63) is 34.9 Å². The highest BCUT2D eigenvalue weighted by atomic mass is 32.2. The quantitative estimate of drug-likeness (QED) is 0.867. The predicted octanol–water partition coefficient (Wildman–Crippen LogP) is 2.21. The molecule has 0 spiro atoms. The number of halogens is 5. The van der Waals surface area contributed by atoms with E-state index in [0.29, 0.717) is 0 Å². The third kappa shape index (κ3) is 3.16. The first-order chi connectivity index (χ1) is 8.04. The summed E-state index contributed by atoms with van der Waals surface area (Å²) in [6.45, 7) is 0.273. The molecule has 1 rings (SSSR count). The summed E-state index contributed by atoms with van der Waals surface area (Å²) in [5.74, 6) is -2.23. The molecule has 18 heavy (non-hydrogen) atoms. The van der Waals surface area contributed by atoms with Gasteiger partial charge in [-0.05, 0) is 24.6 Å². The highest BCUT2D eigenvalue weighted by Crippen LogP contribution is 2.22. The zero-order chi connectivity index (χ0) is 14.1. The van der Waals surface area contributed by atoms with Gasteiger partial charge in [0.1, 0.15) is 11.6 Å². The van der Waals surface area contributed by atoms with Gasteiger partial charge < -0.3 is 0 Å². The normalized spacial score (nSPS) is 12.8. The van der Waals surface area contributed by atoms with Gasteiger partial charge in [-0.2, -0.15) is 13.2 Å². The zero-order valence-electron chi connectivity index (χ0n) is 8.98. The number of sulfonamides is 1. The lowest BCUT2D eigenvalue weighted by atomic mass is 10.1. The van der Waals surface area contributed by atoms with Gasteiger partial charge in [0.2, 0.25) is 0 Å². The van der Waals surface area contributed by atoms with Crippen molar-refractivity contribution in [3.63, 3.8) is 0 Å². The number of alkyl halides is 3. The van der Waals surface area contributed by atoms with E-state index < -0.39 is 39.3 Å². The Balaban J connectivity index is 2.96. The molecule has 0 atom stereocenters. The largest absolute Gasteiger partial charge is 0.511 e. The molecule has 0 fully saturated rings. The molecule has 0 aliphatic carbocycles. The molecule has 1 aromatic carbocycles. The summed E-state index contributed by atoms with van der Waals surface area (Å²) in [5, 5.41) is 0. The summed E-state index contributed by atoms with van der Waals surface area (Å²) in [5.41, 5.74) is -6.06. The van der Waals surface area contributed by atoms with E-state index in [0.717, 1.165) is 16.9 Å². The fourth-order valence-corrected chi connectivity index (χ4v) is 1.65. The van der Waals surface area contributed by atoms with Gasteiger partial charge in [-0.15, -0.1) is 0 Å². The van der Waals surface area contributed by atoms with Gasteiger partial charge in [-0.25, -0.2) is 21.9 Å². The van der Waals surface area contributed by atoms with Crippen LogP contribution < -0.4 is 4.72 Å². The standard InChI is InChI=1S/C9H8F5NO2S/c1-5-2-7(10)6(8(11)3-5)4-15-18(16,17)9(12,13)14/h2-3,15H,4H2,1H3. The van der Waals surface area contributed by atoms with E-state index >= 15 is 0 Å². The van der Waals surface area contributed by atoms with Crippen LogP contribution >= 0.6 is 0 Å². The first-order valence-corrected chi connectivity index (χ1v) is 6.03. The molecule has 0 heterocycles. The van der Waals surface area contributed by atoms with E-state index in [9.17, 15) is 30.4 Å². The molecular formula is C9H8F5NO2S. The van der Waals surface area contributed by atoms with Crippen LogP contribution in [0.3, 0.4) is 0 Å². The molecule has 0 bridgehead atoms. The lowest BCUT2D eigenvalue weighted by Gasteiger charge is -2.10. The molecule has 102 valence electrons. The van der Waals surface area contributed by atoms with Crippen molar-refractivity contribution in [2.45, 2.75) is 19.0 Å². The van der Waals surface area contributed by atoms with Crippen LogP contribution in [0.15, 0.2) is 12.1 Å². The van der Waals surface area contributed by atoms with Gasteiger partial charge in [0.15, 0.2) is 0 Å². The Kier molecular flexibility index (Phi) is 3.96. The van der Waals surface area contributed by atoms with Crippen LogP contribution in [0.25, 0.3) is 0 Å². The van der Waals surface area contributed by atoms with Crippen LogP contribution in [0.2, 0.25) is 0 Å². The second kappa shape index (κ2) is 4.81. The Morgan fingerprint density at radius 1 is 1.17 bits per heavy atom. The third-order valence-electron chi connectivity index (χ3n) is 2.03. The fourth-order valence-electron chi connectivity index (χ4n) is 1.15. The average Bonchev–Trinajstić information content (AvgIpc) is 2.13. The van der Waals surface area contributed by atoms with Gasteiger partial charge in [0, 0.05) is 12.1 Å². The van der Waals surface area contributed by atoms with Crippen LogP contribution in [-0.4, -0.2) is 13.9 Å². The predicted molar refractivity (Wildman–Crippen MR) is 52.9 cm³/mol. The first kappa shape index (κ1) is 14.8. The van der Waals surface area contributed by atoms with Crippen molar-refractivity contribution < 1.29 is 30.4 Å². The summed E-state index contributed by atoms with van der Waals surface area (Å²) in [7, 11) is -5.62. The second-order valence-corrected chi connectivity index (χ2v) is 5.24. The minimum atomic E-state index is -5.62. The molecule has 0 aliphatic heterocycles. The highest BCUT2D eigenvalue weighted by Gasteiger charge is 2.45. The van der Waals surface area contributed by atoms with Crippen molar-refractivity contribution in [3.8, 4) is 0 Å². The smallest absolute Gasteiger partial charge is 0.207 e. The van der Waals surface area contributed by atoms with E-state index in [-0.39, 0.29) is 5.56 Å². The fraction of sp³-hybridized carbons (Fsp3) is 0.333. The van der Waals surface area contributed by atoms with E-state index in [2.05, 4.69) is 0 Å². The highest BCUT2D eigenvalue weighted by molar-refractivity contribution is 7.90. The van der Waals surface area contributed by atoms with E-state index in [4.69, 9.17) is 0 Å². The second-order valence-electron chi connectivity index (χ2n) is 3.48. The minimum Gasteiger partial charge on any atom is -0.207 e. The summed E-state index contributed by atoms with van der Waals surface area (Å²) in [4.78, 5) is 0. The molecular weight excluding hydrogens is 281 g/mol. The Labute approximate surface area is 99.7 Å². The molecule has 0 amide bonds. The Morgan fingerprint density at radius 2 is 1.61 bits per heavy atom.